The molecule has 192 valence electrons. The second kappa shape index (κ2) is 10.1. The number of carbonyl (C=O) groups is 2. The molecule has 11 nitrogen and oxygen atoms in total. The second-order valence-corrected chi connectivity index (χ2v) is 9.88. The first kappa shape index (κ1) is 24.6. The summed E-state index contributed by atoms with van der Waals surface area (Å²) in [5.41, 5.74) is 4.09. The average molecular weight is 502 g/mol. The lowest BCUT2D eigenvalue weighted by Gasteiger charge is -2.20. The fourth-order valence-electron chi connectivity index (χ4n) is 4.67. The lowest BCUT2D eigenvalue weighted by Crippen LogP contribution is -2.28. The normalized spacial score (nSPS) is 16.0. The van der Waals surface area contributed by atoms with Crippen LogP contribution in [0.1, 0.15) is 43.0 Å². The van der Waals surface area contributed by atoms with Crippen molar-refractivity contribution < 1.29 is 9.59 Å². The molecule has 2 N–H and O–H groups in total. The highest BCUT2D eigenvalue weighted by Gasteiger charge is 2.26. The van der Waals surface area contributed by atoms with Crippen molar-refractivity contribution in [3.63, 3.8) is 0 Å². The number of aryl methyl sites for hydroxylation is 2. The Bertz CT molecular complexity index is 1460. The summed E-state index contributed by atoms with van der Waals surface area (Å²) in [4.78, 5) is 32.5. The monoisotopic (exact) mass is 501 g/mol. The molecule has 1 atom stereocenters. The first-order chi connectivity index (χ1) is 17.8. The van der Waals surface area contributed by atoms with E-state index in [1.807, 2.05) is 25.4 Å². The molecule has 5 heterocycles. The summed E-state index contributed by atoms with van der Waals surface area (Å²) >= 11 is 0. The number of anilines is 2. The van der Waals surface area contributed by atoms with Crippen LogP contribution < -0.4 is 10.6 Å². The lowest BCUT2D eigenvalue weighted by atomic mass is 10.0. The molecule has 5 rings (SSSR count). The molecule has 0 spiro atoms. The number of rotatable bonds is 7. The molecular weight excluding hydrogens is 470 g/mol. The van der Waals surface area contributed by atoms with Gasteiger partial charge in [0.2, 0.25) is 11.7 Å². The lowest BCUT2D eigenvalue weighted by molar-refractivity contribution is -0.117. The van der Waals surface area contributed by atoms with Crippen LogP contribution in [0.25, 0.3) is 16.8 Å². The van der Waals surface area contributed by atoms with Gasteiger partial charge < -0.3 is 15.5 Å². The Morgan fingerprint density at radius 1 is 1.14 bits per heavy atom. The number of carbonyl (C=O) groups excluding carboxylic acids is 2. The van der Waals surface area contributed by atoms with E-state index in [2.05, 4.69) is 49.7 Å². The van der Waals surface area contributed by atoms with Gasteiger partial charge in [0.1, 0.15) is 0 Å². The summed E-state index contributed by atoms with van der Waals surface area (Å²) in [5, 5.41) is 18.3. The number of nitrogens with one attached hydrogen (secondary N) is 2. The molecule has 1 fully saturated rings. The molecule has 1 saturated heterocycles. The van der Waals surface area contributed by atoms with Crippen LogP contribution in [0.3, 0.4) is 0 Å². The maximum absolute atomic E-state index is 13.1. The zero-order valence-corrected chi connectivity index (χ0v) is 21.5. The van der Waals surface area contributed by atoms with Crippen molar-refractivity contribution in [3.8, 4) is 11.1 Å². The molecule has 37 heavy (non-hydrogen) atoms. The number of fused-ring (bicyclic) bond motifs is 1. The predicted octanol–water partition coefficient (Wildman–Crippen LogP) is 3.14. The molecule has 2 amide bonds. The first-order valence-corrected chi connectivity index (χ1v) is 12.4. The third-order valence-corrected chi connectivity index (χ3v) is 6.79. The van der Waals surface area contributed by atoms with Crippen LogP contribution in [-0.2, 0) is 11.8 Å². The fourth-order valence-corrected chi connectivity index (χ4v) is 4.67. The molecule has 0 saturated carbocycles. The molecule has 0 unspecified atom stereocenters. The van der Waals surface area contributed by atoms with Crippen molar-refractivity contribution in [2.24, 2.45) is 13.0 Å². The largest absolute Gasteiger partial charge is 0.325 e. The molecule has 0 bridgehead atoms. The van der Waals surface area contributed by atoms with Gasteiger partial charge in [0.15, 0.2) is 5.65 Å². The Labute approximate surface area is 214 Å². The second-order valence-electron chi connectivity index (χ2n) is 9.88. The van der Waals surface area contributed by atoms with Gasteiger partial charge in [0.05, 0.1) is 29.5 Å². The fraction of sp³-hybridized carbons (Fsp3) is 0.385. The van der Waals surface area contributed by atoms with E-state index in [-0.39, 0.29) is 11.7 Å². The van der Waals surface area contributed by atoms with Gasteiger partial charge in [0.25, 0.3) is 5.91 Å². The van der Waals surface area contributed by atoms with Gasteiger partial charge in [-0.3, -0.25) is 23.7 Å². The van der Waals surface area contributed by atoms with Crippen molar-refractivity contribution in [2.75, 3.05) is 23.7 Å². The number of hydrogen-bond donors (Lipinski definition) is 2. The average Bonchev–Trinajstić information content (AvgIpc) is 3.60. The molecule has 1 aliphatic heterocycles. The van der Waals surface area contributed by atoms with Crippen LogP contribution in [-0.4, -0.2) is 65.2 Å². The quantitative estimate of drug-likeness (QED) is 0.399. The Morgan fingerprint density at radius 3 is 2.70 bits per heavy atom. The van der Waals surface area contributed by atoms with E-state index < -0.39 is 5.91 Å². The predicted molar refractivity (Wildman–Crippen MR) is 140 cm³/mol. The van der Waals surface area contributed by atoms with E-state index in [0.29, 0.717) is 41.1 Å². The highest BCUT2D eigenvalue weighted by molar-refractivity contribution is 6.03. The summed E-state index contributed by atoms with van der Waals surface area (Å²) in [7, 11) is 1.86. The van der Waals surface area contributed by atoms with E-state index in [4.69, 9.17) is 0 Å². The highest BCUT2D eigenvalue weighted by Crippen LogP contribution is 2.24. The van der Waals surface area contributed by atoms with E-state index in [0.717, 1.165) is 30.6 Å². The van der Waals surface area contributed by atoms with Crippen molar-refractivity contribution in [1.82, 2.24) is 34.3 Å². The van der Waals surface area contributed by atoms with E-state index in [9.17, 15) is 9.59 Å². The van der Waals surface area contributed by atoms with Gasteiger partial charge in [-0.1, -0.05) is 0 Å². The number of pyridine rings is 2. The van der Waals surface area contributed by atoms with Gasteiger partial charge in [-0.2, -0.15) is 5.10 Å². The Hall–Kier alpha value is -4.12. The van der Waals surface area contributed by atoms with Crippen molar-refractivity contribution in [3.05, 3.63) is 54.5 Å². The van der Waals surface area contributed by atoms with Gasteiger partial charge in [-0.15, -0.1) is 10.2 Å². The maximum Gasteiger partial charge on any atom is 0.294 e. The van der Waals surface area contributed by atoms with Crippen LogP contribution in [0.5, 0.6) is 0 Å². The zero-order valence-electron chi connectivity index (χ0n) is 21.5. The standard InChI is InChI=1S/C26H31N9O2/c1-16(2)34-7-5-18(14-34)9-24(36)29-21-11-22(17(3)27-13-21)30-26(37)25-32-31-23-10-19(6-8-35(23)25)20-12-28-33(4)15-20/h6,8,10-13,15-16,18H,5,7,9,14H2,1-4H3,(H,29,36)(H,30,37)/t18-/m0/s1. The van der Waals surface area contributed by atoms with E-state index >= 15 is 0 Å². The maximum atomic E-state index is 13.1. The summed E-state index contributed by atoms with van der Waals surface area (Å²) in [6.07, 6.45) is 8.53. The topological polar surface area (TPSA) is 122 Å². The van der Waals surface area contributed by atoms with Crippen molar-refractivity contribution >= 4 is 28.8 Å². The minimum Gasteiger partial charge on any atom is -0.325 e. The van der Waals surface area contributed by atoms with Gasteiger partial charge >= 0.3 is 0 Å². The van der Waals surface area contributed by atoms with Crippen molar-refractivity contribution in [1.29, 1.82) is 0 Å². The molecule has 1 aliphatic rings. The number of nitrogens with zero attached hydrogens (tertiary/aromatic N) is 7. The number of amides is 2. The summed E-state index contributed by atoms with van der Waals surface area (Å²) in [6.45, 7) is 8.12. The molecule has 4 aromatic heterocycles. The zero-order chi connectivity index (χ0) is 26.1. The molecule has 11 heteroatoms. The number of likely N-dealkylation sites (tertiary alicyclic amines) is 1. The van der Waals surface area contributed by atoms with Crippen LogP contribution in [0, 0.1) is 12.8 Å². The molecular formula is C26H31N9O2. The van der Waals surface area contributed by atoms with Crippen molar-refractivity contribution in [2.45, 2.75) is 39.7 Å². The Kier molecular flexibility index (Phi) is 6.70. The molecule has 4 aromatic rings. The Morgan fingerprint density at radius 2 is 1.97 bits per heavy atom. The third kappa shape index (κ3) is 5.36. The summed E-state index contributed by atoms with van der Waals surface area (Å²) in [5.74, 6) is 0.0264. The van der Waals surface area contributed by atoms with Crippen LogP contribution in [0.4, 0.5) is 11.4 Å². The van der Waals surface area contributed by atoms with E-state index in [1.54, 1.807) is 40.7 Å². The minimum absolute atomic E-state index is 0.0496. The SMILES string of the molecule is Cc1ncc(NC(=O)C[C@@H]2CCN(C(C)C)C2)cc1NC(=O)c1nnc2cc(-c3cnn(C)c3)ccn12. The first-order valence-electron chi connectivity index (χ1n) is 12.4. The van der Waals surface area contributed by atoms with E-state index in [1.165, 1.54) is 0 Å². The van der Waals surface area contributed by atoms with Gasteiger partial charge in [-0.25, -0.2) is 0 Å². The third-order valence-electron chi connectivity index (χ3n) is 6.79. The highest BCUT2D eigenvalue weighted by atomic mass is 16.2. The molecule has 0 aromatic carbocycles. The van der Waals surface area contributed by atoms with Gasteiger partial charge in [-0.05, 0) is 63.4 Å². The summed E-state index contributed by atoms with van der Waals surface area (Å²) in [6, 6.07) is 5.95. The van der Waals surface area contributed by atoms with Gasteiger partial charge in [0, 0.05) is 44.0 Å². The smallest absolute Gasteiger partial charge is 0.294 e. The number of aromatic nitrogens is 6. The van der Waals surface area contributed by atoms with Crippen LogP contribution >= 0.6 is 0 Å². The summed E-state index contributed by atoms with van der Waals surface area (Å²) < 4.78 is 3.36. The minimum atomic E-state index is -0.422. The number of hydrogen-bond acceptors (Lipinski definition) is 7. The van der Waals surface area contributed by atoms with Crippen LogP contribution in [0.15, 0.2) is 43.0 Å². The molecule has 0 radical (unpaired) electrons. The van der Waals surface area contributed by atoms with Crippen LogP contribution in [0.2, 0.25) is 0 Å². The Balaban J connectivity index is 1.26. The molecule has 0 aliphatic carbocycles.